The fraction of sp³-hybridized carbons (Fsp3) is 0.467. The van der Waals surface area contributed by atoms with E-state index in [1.54, 1.807) is 12.0 Å². The van der Waals surface area contributed by atoms with Crippen molar-refractivity contribution in [3.05, 3.63) is 24.3 Å². The van der Waals surface area contributed by atoms with Crippen LogP contribution in [0.25, 0.3) is 0 Å². The van der Waals surface area contributed by atoms with Crippen molar-refractivity contribution in [3.63, 3.8) is 0 Å². The quantitative estimate of drug-likeness (QED) is 0.878. The normalized spacial score (nSPS) is 21.3. The second-order valence-corrected chi connectivity index (χ2v) is 5.31. The Hall–Kier alpha value is -2.44. The number of cyclic esters (lactones) is 1. The molecule has 0 radical (unpaired) electrons. The number of ether oxygens (including phenoxy) is 2. The van der Waals surface area contributed by atoms with Crippen molar-refractivity contribution in [2.45, 2.75) is 6.04 Å². The highest BCUT2D eigenvalue weighted by Crippen LogP contribution is 2.20. The first-order chi connectivity index (χ1) is 10.7. The maximum atomic E-state index is 12.3. The molecule has 1 atom stereocenters. The summed E-state index contributed by atoms with van der Waals surface area (Å²) in [7, 11) is 1.64. The van der Waals surface area contributed by atoms with Crippen LogP contribution in [0, 0.1) is 0 Å². The molecule has 2 heterocycles. The third-order valence-electron chi connectivity index (χ3n) is 4.00. The van der Waals surface area contributed by atoms with Gasteiger partial charge in [0, 0.05) is 31.9 Å². The molecule has 7 nitrogen and oxygen atoms in total. The van der Waals surface area contributed by atoms with Crippen molar-refractivity contribution in [2.24, 2.45) is 0 Å². The summed E-state index contributed by atoms with van der Waals surface area (Å²) in [5.41, 5.74) is 1.12. The first-order valence-electron chi connectivity index (χ1n) is 7.28. The fourth-order valence-electron chi connectivity index (χ4n) is 2.72. The number of carbonyl (C=O) groups is 2. The van der Waals surface area contributed by atoms with Gasteiger partial charge in [0.2, 0.25) is 5.91 Å². The number of anilines is 1. The molecule has 22 heavy (non-hydrogen) atoms. The molecular formula is C15H19N3O4. The van der Waals surface area contributed by atoms with Gasteiger partial charge in [0.15, 0.2) is 0 Å². The van der Waals surface area contributed by atoms with E-state index in [4.69, 9.17) is 9.47 Å². The van der Waals surface area contributed by atoms with Gasteiger partial charge in [0.1, 0.15) is 18.4 Å². The average Bonchev–Trinajstić information content (AvgIpc) is 3.01. The number of amides is 2. The molecule has 1 aromatic rings. The monoisotopic (exact) mass is 305 g/mol. The van der Waals surface area contributed by atoms with Crippen molar-refractivity contribution >= 4 is 17.7 Å². The van der Waals surface area contributed by atoms with E-state index >= 15 is 0 Å². The topological polar surface area (TPSA) is 71.1 Å². The number of piperazine rings is 1. The number of benzene rings is 1. The number of rotatable bonds is 3. The van der Waals surface area contributed by atoms with Gasteiger partial charge >= 0.3 is 6.09 Å². The van der Waals surface area contributed by atoms with E-state index in [-0.39, 0.29) is 12.5 Å². The fourth-order valence-corrected chi connectivity index (χ4v) is 2.72. The number of carbonyl (C=O) groups excluding carboxylic acids is 2. The van der Waals surface area contributed by atoms with Gasteiger partial charge in [-0.2, -0.15) is 0 Å². The summed E-state index contributed by atoms with van der Waals surface area (Å²) in [6.07, 6.45) is -0.518. The van der Waals surface area contributed by atoms with E-state index in [1.807, 2.05) is 24.3 Å². The summed E-state index contributed by atoms with van der Waals surface area (Å²) in [5, 5.41) is 2.53. The van der Waals surface area contributed by atoms with Crippen LogP contribution < -0.4 is 15.0 Å². The molecule has 2 amide bonds. The standard InChI is InChI=1S/C15H19N3O4/c1-21-12-4-2-11(3-5-12)17-6-8-18(9-7-17)14(19)13-10-22-15(20)16-13/h2-5,13H,6-10H2,1H3,(H,16,20). The minimum Gasteiger partial charge on any atom is -0.497 e. The molecule has 2 saturated heterocycles. The van der Waals surface area contributed by atoms with Gasteiger partial charge in [-0.1, -0.05) is 0 Å². The summed E-state index contributed by atoms with van der Waals surface area (Å²) in [6.45, 7) is 2.92. The van der Waals surface area contributed by atoms with Crippen LogP contribution in [0.2, 0.25) is 0 Å². The summed E-state index contributed by atoms with van der Waals surface area (Å²) >= 11 is 0. The highest BCUT2D eigenvalue weighted by atomic mass is 16.6. The second kappa shape index (κ2) is 6.13. The van der Waals surface area contributed by atoms with Crippen LogP contribution in [-0.4, -0.2) is 62.8 Å². The Kier molecular flexibility index (Phi) is 4.04. The largest absolute Gasteiger partial charge is 0.497 e. The van der Waals surface area contributed by atoms with E-state index in [9.17, 15) is 9.59 Å². The zero-order valence-corrected chi connectivity index (χ0v) is 12.4. The molecule has 0 spiro atoms. The number of nitrogens with one attached hydrogen (secondary N) is 1. The third kappa shape index (κ3) is 2.93. The molecule has 1 aromatic carbocycles. The minimum atomic E-state index is -0.542. The molecular weight excluding hydrogens is 286 g/mol. The Morgan fingerprint density at radius 3 is 2.45 bits per heavy atom. The van der Waals surface area contributed by atoms with Crippen LogP contribution in [0.5, 0.6) is 5.75 Å². The number of hydrogen-bond acceptors (Lipinski definition) is 5. The third-order valence-corrected chi connectivity index (χ3v) is 4.00. The molecule has 0 bridgehead atoms. The maximum absolute atomic E-state index is 12.3. The van der Waals surface area contributed by atoms with Crippen molar-refractivity contribution < 1.29 is 19.1 Å². The zero-order chi connectivity index (χ0) is 15.5. The van der Waals surface area contributed by atoms with Crippen LogP contribution in [0.3, 0.4) is 0 Å². The Bertz CT molecular complexity index is 552. The first kappa shape index (κ1) is 14.5. The van der Waals surface area contributed by atoms with E-state index in [0.29, 0.717) is 13.1 Å². The first-order valence-corrected chi connectivity index (χ1v) is 7.28. The van der Waals surface area contributed by atoms with Gasteiger partial charge in [-0.25, -0.2) is 4.79 Å². The number of alkyl carbamates (subject to hydrolysis) is 1. The van der Waals surface area contributed by atoms with Crippen LogP contribution >= 0.6 is 0 Å². The Labute approximate surface area is 128 Å². The SMILES string of the molecule is COc1ccc(N2CCN(C(=O)C3COC(=O)N3)CC2)cc1. The summed E-state index contributed by atoms with van der Waals surface area (Å²) < 4.78 is 9.92. The molecule has 0 aliphatic carbocycles. The van der Waals surface area contributed by atoms with Crippen LogP contribution in [0.1, 0.15) is 0 Å². The molecule has 7 heteroatoms. The molecule has 1 unspecified atom stereocenters. The maximum Gasteiger partial charge on any atom is 0.407 e. The van der Waals surface area contributed by atoms with E-state index in [0.717, 1.165) is 24.5 Å². The van der Waals surface area contributed by atoms with Crippen molar-refractivity contribution in [3.8, 4) is 5.75 Å². The summed E-state index contributed by atoms with van der Waals surface area (Å²) in [4.78, 5) is 27.3. The zero-order valence-electron chi connectivity index (χ0n) is 12.4. The Morgan fingerprint density at radius 1 is 1.23 bits per heavy atom. The van der Waals surface area contributed by atoms with Crippen LogP contribution in [0.15, 0.2) is 24.3 Å². The highest BCUT2D eigenvalue weighted by molar-refractivity contribution is 5.88. The smallest absolute Gasteiger partial charge is 0.407 e. The van der Waals surface area contributed by atoms with Crippen molar-refractivity contribution in [1.29, 1.82) is 0 Å². The number of hydrogen-bond donors (Lipinski definition) is 1. The lowest BCUT2D eigenvalue weighted by Crippen LogP contribution is -2.53. The predicted molar refractivity (Wildman–Crippen MR) is 80.1 cm³/mol. The van der Waals surface area contributed by atoms with Gasteiger partial charge in [-0.05, 0) is 24.3 Å². The molecule has 1 N–H and O–H groups in total. The minimum absolute atomic E-state index is 0.0692. The van der Waals surface area contributed by atoms with Gasteiger partial charge < -0.3 is 24.6 Å². The van der Waals surface area contributed by atoms with Gasteiger partial charge in [-0.3, -0.25) is 4.79 Å². The van der Waals surface area contributed by atoms with E-state index in [1.165, 1.54) is 0 Å². The molecule has 2 aliphatic heterocycles. The van der Waals surface area contributed by atoms with E-state index in [2.05, 4.69) is 10.2 Å². The van der Waals surface area contributed by atoms with Gasteiger partial charge in [0.25, 0.3) is 0 Å². The van der Waals surface area contributed by atoms with Gasteiger partial charge in [0.05, 0.1) is 7.11 Å². The van der Waals surface area contributed by atoms with Gasteiger partial charge in [-0.15, -0.1) is 0 Å². The Morgan fingerprint density at radius 2 is 1.91 bits per heavy atom. The summed E-state index contributed by atoms with van der Waals surface area (Å²) in [6, 6.07) is 7.35. The van der Waals surface area contributed by atoms with Crippen molar-refractivity contribution in [2.75, 3.05) is 44.8 Å². The van der Waals surface area contributed by atoms with Crippen LogP contribution in [0.4, 0.5) is 10.5 Å². The highest BCUT2D eigenvalue weighted by Gasteiger charge is 2.33. The average molecular weight is 305 g/mol. The lowest BCUT2D eigenvalue weighted by atomic mass is 10.2. The van der Waals surface area contributed by atoms with Crippen molar-refractivity contribution in [1.82, 2.24) is 10.2 Å². The molecule has 2 aliphatic rings. The predicted octanol–water partition coefficient (Wildman–Crippen LogP) is 0.452. The summed E-state index contributed by atoms with van der Waals surface area (Å²) in [5.74, 6) is 0.759. The lowest BCUT2D eigenvalue weighted by molar-refractivity contribution is -0.133. The molecule has 0 aromatic heterocycles. The second-order valence-electron chi connectivity index (χ2n) is 5.31. The number of methoxy groups -OCH3 is 1. The molecule has 3 rings (SSSR count). The molecule has 118 valence electrons. The molecule has 0 saturated carbocycles. The number of nitrogens with zero attached hydrogens (tertiary/aromatic N) is 2. The molecule has 2 fully saturated rings. The lowest BCUT2D eigenvalue weighted by Gasteiger charge is -2.36. The Balaban J connectivity index is 1.55. The van der Waals surface area contributed by atoms with E-state index < -0.39 is 12.1 Å². The van der Waals surface area contributed by atoms with Crippen LogP contribution in [-0.2, 0) is 9.53 Å².